The first kappa shape index (κ1) is 15.9. The molecule has 0 aliphatic carbocycles. The van der Waals surface area contributed by atoms with Crippen LogP contribution in [0.1, 0.15) is 5.56 Å². The van der Waals surface area contributed by atoms with E-state index >= 15 is 0 Å². The standard InChI is InChI=1S/C16H19N3O3/c1-11-8-13(10-19(2)16(11)20)12-4-5-14(18-21)15(9-12)17-6-7-22-3/h4-5,8-10,17H,6-7H2,1-3H3. The van der Waals surface area contributed by atoms with Gasteiger partial charge in [0.15, 0.2) is 0 Å². The second-order valence-electron chi connectivity index (χ2n) is 5.07. The van der Waals surface area contributed by atoms with Crippen LogP contribution in [-0.4, -0.2) is 24.8 Å². The lowest BCUT2D eigenvalue weighted by molar-refractivity contribution is 0.211. The number of pyridine rings is 1. The smallest absolute Gasteiger partial charge is 0.253 e. The highest BCUT2D eigenvalue weighted by molar-refractivity contribution is 5.75. The lowest BCUT2D eigenvalue weighted by Gasteiger charge is -2.11. The summed E-state index contributed by atoms with van der Waals surface area (Å²) in [4.78, 5) is 22.7. The predicted octanol–water partition coefficient (Wildman–Crippen LogP) is 2.82. The Hall–Kier alpha value is -2.47. The molecule has 1 aromatic heterocycles. The fourth-order valence-corrected chi connectivity index (χ4v) is 2.26. The fraction of sp³-hybridized carbons (Fsp3) is 0.312. The summed E-state index contributed by atoms with van der Waals surface area (Å²) in [6, 6.07) is 7.17. The van der Waals surface area contributed by atoms with E-state index < -0.39 is 0 Å². The van der Waals surface area contributed by atoms with Gasteiger partial charge in [0.2, 0.25) is 0 Å². The highest BCUT2D eigenvalue weighted by Crippen LogP contribution is 2.30. The average Bonchev–Trinajstić information content (AvgIpc) is 2.52. The fourth-order valence-electron chi connectivity index (χ4n) is 2.26. The highest BCUT2D eigenvalue weighted by Gasteiger charge is 2.08. The summed E-state index contributed by atoms with van der Waals surface area (Å²) in [6.45, 7) is 2.89. The van der Waals surface area contributed by atoms with Crippen molar-refractivity contribution in [2.24, 2.45) is 12.2 Å². The summed E-state index contributed by atoms with van der Waals surface area (Å²) in [5, 5.41) is 6.15. The van der Waals surface area contributed by atoms with Crippen LogP contribution in [0.25, 0.3) is 11.1 Å². The summed E-state index contributed by atoms with van der Waals surface area (Å²) in [7, 11) is 3.34. The quantitative estimate of drug-likeness (QED) is 0.658. The van der Waals surface area contributed by atoms with E-state index in [1.54, 1.807) is 37.9 Å². The summed E-state index contributed by atoms with van der Waals surface area (Å²) < 4.78 is 6.54. The van der Waals surface area contributed by atoms with Gasteiger partial charge in [-0.1, -0.05) is 6.07 Å². The molecule has 1 aromatic carbocycles. The minimum Gasteiger partial charge on any atom is -0.383 e. The van der Waals surface area contributed by atoms with Crippen molar-refractivity contribution in [1.82, 2.24) is 4.57 Å². The molecule has 0 saturated carbocycles. The third-order valence-electron chi connectivity index (χ3n) is 3.41. The van der Waals surface area contributed by atoms with Crippen LogP contribution in [0.5, 0.6) is 0 Å². The van der Waals surface area contributed by atoms with E-state index in [-0.39, 0.29) is 5.56 Å². The van der Waals surface area contributed by atoms with Crippen molar-refractivity contribution in [2.45, 2.75) is 6.92 Å². The number of nitrogens with one attached hydrogen (secondary N) is 1. The molecular weight excluding hydrogens is 282 g/mol. The molecule has 0 fully saturated rings. The number of aromatic nitrogens is 1. The molecule has 0 atom stereocenters. The molecule has 0 aliphatic rings. The zero-order valence-corrected chi connectivity index (χ0v) is 12.9. The van der Waals surface area contributed by atoms with Gasteiger partial charge in [0.25, 0.3) is 5.56 Å². The van der Waals surface area contributed by atoms with Crippen LogP contribution < -0.4 is 10.9 Å². The van der Waals surface area contributed by atoms with Gasteiger partial charge in [-0.3, -0.25) is 4.79 Å². The molecule has 1 heterocycles. The first-order valence-electron chi connectivity index (χ1n) is 6.94. The SMILES string of the molecule is COCCNc1cc(-c2cc(C)c(=O)n(C)c2)ccc1N=O. The van der Waals surface area contributed by atoms with Crippen molar-refractivity contribution in [3.63, 3.8) is 0 Å². The van der Waals surface area contributed by atoms with Gasteiger partial charge in [-0.2, -0.15) is 0 Å². The summed E-state index contributed by atoms with van der Waals surface area (Å²) >= 11 is 0. The number of methoxy groups -OCH3 is 1. The van der Waals surface area contributed by atoms with Gasteiger partial charge in [-0.05, 0) is 41.4 Å². The maximum Gasteiger partial charge on any atom is 0.253 e. The Kier molecular flexibility index (Phi) is 5.06. The van der Waals surface area contributed by atoms with Crippen LogP contribution in [0.2, 0.25) is 0 Å². The van der Waals surface area contributed by atoms with E-state index in [0.717, 1.165) is 11.1 Å². The van der Waals surface area contributed by atoms with Crippen molar-refractivity contribution in [3.05, 3.63) is 51.3 Å². The maximum atomic E-state index is 11.8. The molecule has 2 rings (SSSR count). The average molecular weight is 301 g/mol. The van der Waals surface area contributed by atoms with Crippen molar-refractivity contribution < 1.29 is 4.74 Å². The van der Waals surface area contributed by atoms with Crippen LogP contribution >= 0.6 is 0 Å². The molecule has 0 radical (unpaired) electrons. The van der Waals surface area contributed by atoms with Crippen LogP contribution in [-0.2, 0) is 11.8 Å². The lowest BCUT2D eigenvalue weighted by atomic mass is 10.0. The number of hydrogen-bond acceptors (Lipinski definition) is 5. The summed E-state index contributed by atoms with van der Waals surface area (Å²) in [5.74, 6) is 0. The largest absolute Gasteiger partial charge is 0.383 e. The van der Waals surface area contributed by atoms with Crippen LogP contribution in [0, 0.1) is 11.8 Å². The number of nitroso groups, excluding NO2 is 1. The van der Waals surface area contributed by atoms with E-state index in [4.69, 9.17) is 4.74 Å². The Bertz CT molecular complexity index is 712. The Morgan fingerprint density at radius 2 is 2.05 bits per heavy atom. The number of nitrogens with zero attached hydrogens (tertiary/aromatic N) is 2. The number of ether oxygens (including phenoxy) is 1. The molecule has 6 heteroatoms. The molecule has 1 N–H and O–H groups in total. The first-order valence-corrected chi connectivity index (χ1v) is 6.94. The molecule has 116 valence electrons. The molecule has 2 aromatic rings. The van der Waals surface area contributed by atoms with E-state index in [1.807, 2.05) is 18.2 Å². The highest BCUT2D eigenvalue weighted by atomic mass is 16.5. The van der Waals surface area contributed by atoms with E-state index in [2.05, 4.69) is 10.5 Å². The molecule has 0 bridgehead atoms. The molecule has 0 spiro atoms. The molecule has 22 heavy (non-hydrogen) atoms. The van der Waals surface area contributed by atoms with Gasteiger partial charge in [0, 0.05) is 32.5 Å². The van der Waals surface area contributed by atoms with Crippen molar-refractivity contribution >= 4 is 11.4 Å². The zero-order valence-electron chi connectivity index (χ0n) is 12.9. The lowest BCUT2D eigenvalue weighted by Crippen LogP contribution is -2.18. The normalized spacial score (nSPS) is 10.5. The molecule has 0 saturated heterocycles. The van der Waals surface area contributed by atoms with Gasteiger partial charge < -0.3 is 14.6 Å². The Labute approximate surface area is 128 Å². The zero-order chi connectivity index (χ0) is 16.1. The minimum atomic E-state index is -0.0200. The maximum absolute atomic E-state index is 11.8. The summed E-state index contributed by atoms with van der Waals surface area (Å²) in [5.41, 5.74) is 3.47. The molecule has 6 nitrogen and oxygen atoms in total. The Balaban J connectivity index is 2.41. The second kappa shape index (κ2) is 7.00. The first-order chi connectivity index (χ1) is 10.6. The molecule has 0 aliphatic heterocycles. The van der Waals surface area contributed by atoms with Gasteiger partial charge >= 0.3 is 0 Å². The second-order valence-corrected chi connectivity index (χ2v) is 5.07. The van der Waals surface area contributed by atoms with Crippen molar-refractivity contribution in [3.8, 4) is 11.1 Å². The van der Waals surface area contributed by atoms with Crippen molar-refractivity contribution in [1.29, 1.82) is 0 Å². The summed E-state index contributed by atoms with van der Waals surface area (Å²) in [6.07, 6.45) is 1.78. The van der Waals surface area contributed by atoms with Gasteiger partial charge in [0.1, 0.15) is 5.69 Å². The van der Waals surface area contributed by atoms with E-state index in [1.165, 1.54) is 0 Å². The molecular formula is C16H19N3O3. The monoisotopic (exact) mass is 301 g/mol. The number of hydrogen-bond donors (Lipinski definition) is 1. The van der Waals surface area contributed by atoms with Gasteiger partial charge in [0.05, 0.1) is 12.3 Å². The van der Waals surface area contributed by atoms with Crippen molar-refractivity contribution in [2.75, 3.05) is 25.6 Å². The third-order valence-corrected chi connectivity index (χ3v) is 3.41. The van der Waals surface area contributed by atoms with Crippen LogP contribution in [0.3, 0.4) is 0 Å². The van der Waals surface area contributed by atoms with E-state index in [0.29, 0.717) is 30.1 Å². The van der Waals surface area contributed by atoms with Crippen LogP contribution in [0.15, 0.2) is 40.4 Å². The number of rotatable bonds is 6. The predicted molar refractivity (Wildman–Crippen MR) is 87.7 cm³/mol. The number of benzene rings is 1. The minimum absolute atomic E-state index is 0.0200. The van der Waals surface area contributed by atoms with E-state index in [9.17, 15) is 9.70 Å². The molecule has 0 amide bonds. The number of anilines is 1. The Morgan fingerprint density at radius 1 is 1.27 bits per heavy atom. The van der Waals surface area contributed by atoms with Gasteiger partial charge in [-0.25, -0.2) is 0 Å². The number of aryl methyl sites for hydroxylation is 2. The molecule has 0 unspecified atom stereocenters. The topological polar surface area (TPSA) is 72.7 Å². The van der Waals surface area contributed by atoms with Gasteiger partial charge in [-0.15, -0.1) is 4.91 Å². The third kappa shape index (κ3) is 3.40. The van der Waals surface area contributed by atoms with Crippen LogP contribution in [0.4, 0.5) is 11.4 Å². The Morgan fingerprint density at radius 3 is 2.68 bits per heavy atom.